The first-order chi connectivity index (χ1) is 9.47. The molecular formula is C17H34N2O2. The van der Waals surface area contributed by atoms with E-state index >= 15 is 0 Å². The second-order valence-electron chi connectivity index (χ2n) is 8.45. The third-order valence-corrected chi connectivity index (χ3v) is 4.23. The summed E-state index contributed by atoms with van der Waals surface area (Å²) in [6.45, 7) is 14.7. The summed E-state index contributed by atoms with van der Waals surface area (Å²) in [5.74, 6) is 0. The number of nitrogens with one attached hydrogen (secondary N) is 2. The van der Waals surface area contributed by atoms with E-state index in [0.717, 1.165) is 25.7 Å². The van der Waals surface area contributed by atoms with Gasteiger partial charge in [0, 0.05) is 18.1 Å². The van der Waals surface area contributed by atoms with Crippen LogP contribution in [-0.2, 0) is 4.74 Å². The van der Waals surface area contributed by atoms with Crippen molar-refractivity contribution in [2.75, 3.05) is 0 Å². The Hall–Kier alpha value is -0.770. The molecule has 1 amide bonds. The van der Waals surface area contributed by atoms with E-state index in [0.29, 0.717) is 12.1 Å². The van der Waals surface area contributed by atoms with Crippen LogP contribution in [0.3, 0.4) is 0 Å². The van der Waals surface area contributed by atoms with Crippen molar-refractivity contribution >= 4 is 6.09 Å². The van der Waals surface area contributed by atoms with Gasteiger partial charge in [0.15, 0.2) is 0 Å². The number of alkyl carbamates (subject to hydrolysis) is 1. The summed E-state index contributed by atoms with van der Waals surface area (Å²) in [5, 5.41) is 6.72. The molecule has 0 aromatic rings. The number of carbonyl (C=O) groups is 1. The summed E-state index contributed by atoms with van der Waals surface area (Å²) in [6, 6.07) is 1.32. The summed E-state index contributed by atoms with van der Waals surface area (Å²) >= 11 is 0. The molecule has 1 unspecified atom stereocenters. The molecule has 1 rings (SSSR count). The highest BCUT2D eigenvalue weighted by Crippen LogP contribution is 2.24. The predicted molar refractivity (Wildman–Crippen MR) is 87.5 cm³/mol. The Labute approximate surface area is 130 Å². The zero-order valence-electron chi connectivity index (χ0n) is 14.9. The molecule has 1 fully saturated rings. The van der Waals surface area contributed by atoms with E-state index in [1.54, 1.807) is 0 Å². The van der Waals surface area contributed by atoms with E-state index < -0.39 is 5.60 Å². The maximum absolute atomic E-state index is 11.8. The van der Waals surface area contributed by atoms with Crippen LogP contribution in [0.5, 0.6) is 0 Å². The van der Waals surface area contributed by atoms with Gasteiger partial charge in [-0.15, -0.1) is 0 Å². The van der Waals surface area contributed by atoms with Crippen molar-refractivity contribution in [3.63, 3.8) is 0 Å². The SMILES string of the molecule is CC(NC1CCC(NC(=O)OC(C)(C)C)CC1)C(C)(C)C. The molecule has 21 heavy (non-hydrogen) atoms. The Morgan fingerprint density at radius 3 is 1.90 bits per heavy atom. The fourth-order valence-corrected chi connectivity index (χ4v) is 2.48. The molecule has 0 bridgehead atoms. The average Bonchev–Trinajstić information content (AvgIpc) is 2.27. The third kappa shape index (κ3) is 7.16. The second kappa shape index (κ2) is 6.99. The zero-order valence-corrected chi connectivity index (χ0v) is 14.9. The van der Waals surface area contributed by atoms with Gasteiger partial charge in [-0.05, 0) is 58.8 Å². The number of ether oxygens (including phenoxy) is 1. The number of carbonyl (C=O) groups excluding carboxylic acids is 1. The van der Waals surface area contributed by atoms with Crippen LogP contribution in [0.1, 0.15) is 74.1 Å². The van der Waals surface area contributed by atoms with Gasteiger partial charge in [-0.3, -0.25) is 0 Å². The predicted octanol–water partition coefficient (Wildman–Crippen LogP) is 3.85. The number of hydrogen-bond donors (Lipinski definition) is 2. The van der Waals surface area contributed by atoms with Crippen LogP contribution in [0.15, 0.2) is 0 Å². The Balaban J connectivity index is 2.31. The molecule has 0 aromatic heterocycles. The Morgan fingerprint density at radius 1 is 1.00 bits per heavy atom. The fraction of sp³-hybridized carbons (Fsp3) is 0.941. The lowest BCUT2D eigenvalue weighted by Gasteiger charge is -2.36. The first-order valence-electron chi connectivity index (χ1n) is 8.23. The minimum Gasteiger partial charge on any atom is -0.444 e. The van der Waals surface area contributed by atoms with Gasteiger partial charge in [-0.2, -0.15) is 0 Å². The van der Waals surface area contributed by atoms with E-state index in [1.807, 2.05) is 20.8 Å². The molecule has 0 heterocycles. The lowest BCUT2D eigenvalue weighted by atomic mass is 9.85. The minimum absolute atomic E-state index is 0.253. The number of amides is 1. The maximum atomic E-state index is 11.8. The van der Waals surface area contributed by atoms with Crippen LogP contribution in [0.4, 0.5) is 4.79 Å². The Bertz CT molecular complexity index is 334. The third-order valence-electron chi connectivity index (χ3n) is 4.23. The molecule has 0 saturated heterocycles. The van der Waals surface area contributed by atoms with Gasteiger partial charge in [0.05, 0.1) is 0 Å². The topological polar surface area (TPSA) is 50.4 Å². The second-order valence-corrected chi connectivity index (χ2v) is 8.45. The Morgan fingerprint density at radius 2 is 1.48 bits per heavy atom. The van der Waals surface area contributed by atoms with Crippen LogP contribution in [0, 0.1) is 5.41 Å². The number of hydrogen-bond acceptors (Lipinski definition) is 3. The molecule has 1 aliphatic carbocycles. The van der Waals surface area contributed by atoms with Crippen LogP contribution in [0.2, 0.25) is 0 Å². The highest BCUT2D eigenvalue weighted by Gasteiger charge is 2.27. The van der Waals surface area contributed by atoms with Crippen LogP contribution in [0.25, 0.3) is 0 Å². The first-order valence-corrected chi connectivity index (χ1v) is 8.23. The quantitative estimate of drug-likeness (QED) is 0.832. The number of rotatable bonds is 3. The van der Waals surface area contributed by atoms with Gasteiger partial charge < -0.3 is 15.4 Å². The van der Waals surface area contributed by atoms with Crippen molar-refractivity contribution in [1.82, 2.24) is 10.6 Å². The van der Waals surface area contributed by atoms with Crippen molar-refractivity contribution in [3.8, 4) is 0 Å². The first kappa shape index (κ1) is 18.3. The van der Waals surface area contributed by atoms with Gasteiger partial charge in [-0.25, -0.2) is 4.79 Å². The lowest BCUT2D eigenvalue weighted by Crippen LogP contribution is -2.48. The van der Waals surface area contributed by atoms with Crippen molar-refractivity contribution in [3.05, 3.63) is 0 Å². The lowest BCUT2D eigenvalue weighted by molar-refractivity contribution is 0.0488. The summed E-state index contributed by atoms with van der Waals surface area (Å²) in [4.78, 5) is 11.8. The van der Waals surface area contributed by atoms with Crippen molar-refractivity contribution < 1.29 is 9.53 Å². The zero-order chi connectivity index (χ0) is 16.3. The van der Waals surface area contributed by atoms with Crippen molar-refractivity contribution in [2.45, 2.75) is 97.9 Å². The van der Waals surface area contributed by atoms with Crippen LogP contribution < -0.4 is 10.6 Å². The van der Waals surface area contributed by atoms with Gasteiger partial charge in [0.25, 0.3) is 0 Å². The molecule has 1 aliphatic rings. The average molecular weight is 298 g/mol. The van der Waals surface area contributed by atoms with E-state index in [-0.39, 0.29) is 17.6 Å². The van der Waals surface area contributed by atoms with Crippen molar-refractivity contribution in [1.29, 1.82) is 0 Å². The monoisotopic (exact) mass is 298 g/mol. The molecule has 0 spiro atoms. The van der Waals surface area contributed by atoms with Crippen molar-refractivity contribution in [2.24, 2.45) is 5.41 Å². The molecular weight excluding hydrogens is 264 g/mol. The summed E-state index contributed by atoms with van der Waals surface area (Å²) < 4.78 is 5.31. The normalized spacial score (nSPS) is 25.3. The van der Waals surface area contributed by atoms with Gasteiger partial charge in [0.2, 0.25) is 0 Å². The van der Waals surface area contributed by atoms with Gasteiger partial charge in [0.1, 0.15) is 5.60 Å². The highest BCUT2D eigenvalue weighted by molar-refractivity contribution is 5.68. The highest BCUT2D eigenvalue weighted by atomic mass is 16.6. The van der Waals surface area contributed by atoms with E-state index in [2.05, 4.69) is 38.3 Å². The van der Waals surface area contributed by atoms with E-state index in [9.17, 15) is 4.79 Å². The molecule has 0 aliphatic heterocycles. The molecule has 4 heteroatoms. The summed E-state index contributed by atoms with van der Waals surface area (Å²) in [5.41, 5.74) is -0.142. The van der Waals surface area contributed by atoms with E-state index in [1.165, 1.54) is 0 Å². The largest absolute Gasteiger partial charge is 0.444 e. The molecule has 4 nitrogen and oxygen atoms in total. The molecule has 1 saturated carbocycles. The summed E-state index contributed by atoms with van der Waals surface area (Å²) in [6.07, 6.45) is 3.98. The standard InChI is InChI=1S/C17H34N2O2/c1-12(16(2,3)4)18-13-8-10-14(11-9-13)19-15(20)21-17(5,6)7/h12-14,18H,8-11H2,1-7H3,(H,19,20). The molecule has 124 valence electrons. The Kier molecular flexibility index (Phi) is 6.09. The molecule has 2 N–H and O–H groups in total. The fourth-order valence-electron chi connectivity index (χ4n) is 2.48. The van der Waals surface area contributed by atoms with Gasteiger partial charge >= 0.3 is 6.09 Å². The molecule has 0 radical (unpaired) electrons. The van der Waals surface area contributed by atoms with Gasteiger partial charge in [-0.1, -0.05) is 20.8 Å². The smallest absolute Gasteiger partial charge is 0.407 e. The maximum Gasteiger partial charge on any atom is 0.407 e. The van der Waals surface area contributed by atoms with Crippen LogP contribution in [-0.4, -0.2) is 29.8 Å². The van der Waals surface area contributed by atoms with E-state index in [4.69, 9.17) is 4.74 Å². The minimum atomic E-state index is -0.426. The summed E-state index contributed by atoms with van der Waals surface area (Å²) in [7, 11) is 0. The molecule has 1 atom stereocenters. The molecule has 0 aromatic carbocycles. The van der Waals surface area contributed by atoms with Crippen LogP contribution >= 0.6 is 0 Å².